The molecule has 3 heteroatoms. The van der Waals surface area contributed by atoms with E-state index in [1.807, 2.05) is 36.4 Å². The van der Waals surface area contributed by atoms with E-state index in [4.69, 9.17) is 0 Å². The third-order valence-electron chi connectivity index (χ3n) is 3.56. The number of aliphatic hydroxyl groups excluding tert-OH is 1. The van der Waals surface area contributed by atoms with Crippen molar-refractivity contribution in [1.82, 2.24) is 4.98 Å². The van der Waals surface area contributed by atoms with Crippen molar-refractivity contribution in [3.63, 3.8) is 0 Å². The molecule has 0 radical (unpaired) electrons. The molecule has 1 heterocycles. The molecule has 2 aromatic carbocycles. The Kier molecular flexibility index (Phi) is 3.84. The quantitative estimate of drug-likeness (QED) is 0.760. The zero-order valence-corrected chi connectivity index (χ0v) is 12.0. The van der Waals surface area contributed by atoms with Crippen molar-refractivity contribution in [3.05, 3.63) is 71.9 Å². The molecular formula is C18H18N2O. The second-order valence-corrected chi connectivity index (χ2v) is 5.15. The van der Waals surface area contributed by atoms with Crippen LogP contribution in [-0.4, -0.2) is 10.1 Å². The number of aliphatic hydroxyl groups is 1. The highest BCUT2D eigenvalue weighted by atomic mass is 16.3. The molecule has 0 aliphatic heterocycles. The third kappa shape index (κ3) is 3.03. The second kappa shape index (κ2) is 5.94. The minimum Gasteiger partial charge on any atom is -0.389 e. The molecule has 3 rings (SSSR count). The Balaban J connectivity index is 1.80. The molecule has 3 nitrogen and oxygen atoms in total. The van der Waals surface area contributed by atoms with Crippen LogP contribution in [0.25, 0.3) is 10.9 Å². The first kappa shape index (κ1) is 13.6. The van der Waals surface area contributed by atoms with E-state index in [2.05, 4.69) is 28.5 Å². The molecule has 0 bridgehead atoms. The Morgan fingerprint density at radius 1 is 1.10 bits per heavy atom. The molecule has 0 fully saturated rings. The summed E-state index contributed by atoms with van der Waals surface area (Å²) < 4.78 is 0. The summed E-state index contributed by atoms with van der Waals surface area (Å²) in [7, 11) is 0. The molecule has 0 amide bonds. The van der Waals surface area contributed by atoms with Gasteiger partial charge in [-0.3, -0.25) is 4.98 Å². The molecule has 0 aliphatic carbocycles. The molecule has 0 saturated carbocycles. The molecule has 2 N–H and O–H groups in total. The molecule has 21 heavy (non-hydrogen) atoms. The zero-order chi connectivity index (χ0) is 14.7. The van der Waals surface area contributed by atoms with Crippen LogP contribution >= 0.6 is 0 Å². The van der Waals surface area contributed by atoms with Crippen LogP contribution in [0.2, 0.25) is 0 Å². The van der Waals surface area contributed by atoms with Crippen molar-refractivity contribution in [2.75, 3.05) is 5.32 Å². The maximum Gasteiger partial charge on any atom is 0.0781 e. The summed E-state index contributed by atoms with van der Waals surface area (Å²) >= 11 is 0. The summed E-state index contributed by atoms with van der Waals surface area (Å²) in [5, 5.41) is 14.3. The van der Waals surface area contributed by atoms with E-state index < -0.39 is 6.10 Å². The van der Waals surface area contributed by atoms with Crippen LogP contribution in [0.15, 0.2) is 60.8 Å². The van der Waals surface area contributed by atoms with Gasteiger partial charge in [0.05, 0.1) is 11.6 Å². The van der Waals surface area contributed by atoms with Crippen LogP contribution in [0.3, 0.4) is 0 Å². The van der Waals surface area contributed by atoms with Crippen molar-refractivity contribution < 1.29 is 5.11 Å². The van der Waals surface area contributed by atoms with E-state index in [1.54, 1.807) is 13.1 Å². The summed E-state index contributed by atoms with van der Waals surface area (Å²) in [6.07, 6.45) is 1.33. The summed E-state index contributed by atoms with van der Waals surface area (Å²) in [6, 6.07) is 18.1. The van der Waals surface area contributed by atoms with Gasteiger partial charge in [-0.15, -0.1) is 0 Å². The lowest BCUT2D eigenvalue weighted by atomic mass is 10.1. The predicted octanol–water partition coefficient (Wildman–Crippen LogP) is 3.90. The van der Waals surface area contributed by atoms with Crippen molar-refractivity contribution in [3.8, 4) is 0 Å². The molecule has 106 valence electrons. The fourth-order valence-electron chi connectivity index (χ4n) is 2.45. The maximum absolute atomic E-state index is 9.79. The van der Waals surface area contributed by atoms with E-state index in [0.29, 0.717) is 6.54 Å². The highest BCUT2D eigenvalue weighted by molar-refractivity contribution is 5.79. The Morgan fingerprint density at radius 3 is 2.81 bits per heavy atom. The average Bonchev–Trinajstić information content (AvgIpc) is 2.53. The number of aromatic nitrogens is 1. The Morgan fingerprint density at radius 2 is 1.95 bits per heavy atom. The second-order valence-electron chi connectivity index (χ2n) is 5.15. The Bertz CT molecular complexity index is 753. The highest BCUT2D eigenvalue weighted by Crippen LogP contribution is 2.23. The van der Waals surface area contributed by atoms with Gasteiger partial charge in [0.1, 0.15) is 0 Å². The Labute approximate surface area is 124 Å². The lowest BCUT2D eigenvalue weighted by Gasteiger charge is -2.14. The fraction of sp³-hybridized carbons (Fsp3) is 0.167. The molecule has 1 unspecified atom stereocenters. The fourth-order valence-corrected chi connectivity index (χ4v) is 2.45. The van der Waals surface area contributed by atoms with E-state index >= 15 is 0 Å². The van der Waals surface area contributed by atoms with Gasteiger partial charge in [-0.05, 0) is 36.8 Å². The number of hydrogen-bond acceptors (Lipinski definition) is 3. The van der Waals surface area contributed by atoms with E-state index in [1.165, 1.54) is 5.56 Å². The molecule has 1 atom stereocenters. The predicted molar refractivity (Wildman–Crippen MR) is 86.1 cm³/mol. The summed E-state index contributed by atoms with van der Waals surface area (Å²) in [5.74, 6) is 0. The SMILES string of the molecule is CC(O)c1ccccc1NCc1ccc2ncccc2c1. The Hall–Kier alpha value is -2.39. The van der Waals surface area contributed by atoms with Gasteiger partial charge in [0.2, 0.25) is 0 Å². The van der Waals surface area contributed by atoms with Gasteiger partial charge in [-0.2, -0.15) is 0 Å². The molecule has 0 saturated heterocycles. The normalized spacial score (nSPS) is 12.3. The van der Waals surface area contributed by atoms with Crippen LogP contribution in [-0.2, 0) is 6.54 Å². The number of hydrogen-bond donors (Lipinski definition) is 2. The highest BCUT2D eigenvalue weighted by Gasteiger charge is 2.06. The summed E-state index contributed by atoms with van der Waals surface area (Å²) in [6.45, 7) is 2.50. The van der Waals surface area contributed by atoms with Gasteiger partial charge in [0.25, 0.3) is 0 Å². The molecule has 0 aliphatic rings. The number of nitrogens with one attached hydrogen (secondary N) is 1. The maximum atomic E-state index is 9.79. The number of para-hydroxylation sites is 1. The standard InChI is InChI=1S/C18H18N2O/c1-13(21)16-6-2-3-7-18(16)20-12-14-8-9-17-15(11-14)5-4-10-19-17/h2-11,13,20-21H,12H2,1H3. The summed E-state index contributed by atoms with van der Waals surface area (Å²) in [5.41, 5.74) is 4.08. The average molecular weight is 278 g/mol. The molecule has 0 spiro atoms. The first-order valence-corrected chi connectivity index (χ1v) is 7.08. The topological polar surface area (TPSA) is 45.1 Å². The van der Waals surface area contributed by atoms with Crippen molar-refractivity contribution in [2.45, 2.75) is 19.6 Å². The van der Waals surface area contributed by atoms with Gasteiger partial charge >= 0.3 is 0 Å². The van der Waals surface area contributed by atoms with Crippen molar-refractivity contribution >= 4 is 16.6 Å². The number of nitrogens with zero attached hydrogens (tertiary/aromatic N) is 1. The smallest absolute Gasteiger partial charge is 0.0781 e. The lowest BCUT2D eigenvalue weighted by molar-refractivity contribution is 0.200. The van der Waals surface area contributed by atoms with Crippen molar-refractivity contribution in [1.29, 1.82) is 0 Å². The van der Waals surface area contributed by atoms with Gasteiger partial charge in [-0.25, -0.2) is 0 Å². The summed E-state index contributed by atoms with van der Waals surface area (Å²) in [4.78, 5) is 4.32. The van der Waals surface area contributed by atoms with Crippen LogP contribution < -0.4 is 5.32 Å². The zero-order valence-electron chi connectivity index (χ0n) is 12.0. The monoisotopic (exact) mass is 278 g/mol. The van der Waals surface area contributed by atoms with Crippen LogP contribution in [0, 0.1) is 0 Å². The third-order valence-corrected chi connectivity index (χ3v) is 3.56. The van der Waals surface area contributed by atoms with Gasteiger partial charge in [-0.1, -0.05) is 30.3 Å². The first-order chi connectivity index (χ1) is 10.2. The number of anilines is 1. The van der Waals surface area contributed by atoms with E-state index in [-0.39, 0.29) is 0 Å². The minimum atomic E-state index is -0.477. The van der Waals surface area contributed by atoms with Gasteiger partial charge < -0.3 is 10.4 Å². The van der Waals surface area contributed by atoms with Crippen LogP contribution in [0.1, 0.15) is 24.2 Å². The van der Waals surface area contributed by atoms with Crippen molar-refractivity contribution in [2.24, 2.45) is 0 Å². The van der Waals surface area contributed by atoms with Gasteiger partial charge in [0.15, 0.2) is 0 Å². The number of benzene rings is 2. The van der Waals surface area contributed by atoms with Gasteiger partial charge in [0, 0.05) is 29.4 Å². The number of fused-ring (bicyclic) bond motifs is 1. The van der Waals surface area contributed by atoms with Crippen LogP contribution in [0.5, 0.6) is 0 Å². The van der Waals surface area contributed by atoms with Crippen LogP contribution in [0.4, 0.5) is 5.69 Å². The molecule has 3 aromatic rings. The first-order valence-electron chi connectivity index (χ1n) is 7.08. The molecular weight excluding hydrogens is 260 g/mol. The van der Waals surface area contributed by atoms with E-state index in [9.17, 15) is 5.11 Å². The van der Waals surface area contributed by atoms with E-state index in [0.717, 1.165) is 22.2 Å². The minimum absolute atomic E-state index is 0.477. The largest absolute Gasteiger partial charge is 0.389 e. The lowest BCUT2D eigenvalue weighted by Crippen LogP contribution is -2.04. The molecule has 1 aromatic heterocycles. The number of pyridine rings is 1. The number of rotatable bonds is 4.